The molecule has 0 spiro atoms. The van der Waals surface area contributed by atoms with Crippen LogP contribution in [0.1, 0.15) is 28.7 Å². The van der Waals surface area contributed by atoms with Crippen LogP contribution in [0.25, 0.3) is 49.4 Å². The molecule has 0 N–H and O–H groups in total. The molecule has 2 atom stereocenters. The maximum atomic E-state index is 2.61. The number of nitrogens with zero attached hydrogens (tertiary/aromatic N) is 2. The van der Waals surface area contributed by atoms with Crippen LogP contribution in [0.3, 0.4) is 0 Å². The lowest BCUT2D eigenvalue weighted by molar-refractivity contribution is 0.655. The lowest BCUT2D eigenvalue weighted by atomic mass is 9.71. The molecule has 1 aliphatic heterocycles. The van der Waals surface area contributed by atoms with Crippen LogP contribution in [0.4, 0.5) is 11.4 Å². The van der Waals surface area contributed by atoms with Gasteiger partial charge in [0.25, 0.3) is 0 Å². The van der Waals surface area contributed by atoms with Gasteiger partial charge in [-0.05, 0) is 69.6 Å². The van der Waals surface area contributed by atoms with Gasteiger partial charge in [-0.3, -0.25) is 0 Å². The normalized spacial score (nSPS) is 16.6. The molecular weight excluding hydrogens is 532 g/mol. The van der Waals surface area contributed by atoms with Gasteiger partial charge in [0.2, 0.25) is 0 Å². The molecule has 2 heteroatoms. The Morgan fingerprint density at radius 1 is 0.455 bits per heavy atom. The van der Waals surface area contributed by atoms with Crippen molar-refractivity contribution in [1.82, 2.24) is 4.57 Å². The van der Waals surface area contributed by atoms with Crippen molar-refractivity contribution in [3.8, 4) is 16.8 Å². The van der Waals surface area contributed by atoms with Gasteiger partial charge in [-0.1, -0.05) is 121 Å². The first kappa shape index (κ1) is 23.9. The lowest BCUT2D eigenvalue weighted by Crippen LogP contribution is -2.26. The van der Waals surface area contributed by atoms with Crippen molar-refractivity contribution >= 4 is 44.0 Å². The summed E-state index contributed by atoms with van der Waals surface area (Å²) < 4.78 is 2.49. The molecule has 1 aromatic heterocycles. The van der Waals surface area contributed by atoms with Crippen molar-refractivity contribution in [2.24, 2.45) is 0 Å². The number of hydrogen-bond acceptors (Lipinski definition) is 1. The third-order valence-electron chi connectivity index (χ3n) is 9.90. The van der Waals surface area contributed by atoms with Crippen LogP contribution in [0.5, 0.6) is 0 Å². The SMILES string of the molecule is c1ccc(N2c3ccccc3C3c4ccccc4-c4c(c5ccccc5c5c4c4ccccc4n5-c4ccccc4)C32)cc1. The van der Waals surface area contributed by atoms with E-state index >= 15 is 0 Å². The fourth-order valence-corrected chi connectivity index (χ4v) is 8.33. The first-order valence-electron chi connectivity index (χ1n) is 15.5. The molecule has 0 bridgehead atoms. The zero-order chi connectivity index (χ0) is 28.8. The van der Waals surface area contributed by atoms with Crippen LogP contribution in [-0.2, 0) is 0 Å². The Morgan fingerprint density at radius 3 is 1.84 bits per heavy atom. The number of hydrogen-bond donors (Lipinski definition) is 0. The van der Waals surface area contributed by atoms with Crippen LogP contribution in [0.15, 0.2) is 158 Å². The molecule has 1 aliphatic carbocycles. The fourth-order valence-electron chi connectivity index (χ4n) is 8.33. The Hall–Kier alpha value is -5.60. The molecule has 0 saturated carbocycles. The Labute approximate surface area is 256 Å². The molecule has 2 nitrogen and oxygen atoms in total. The van der Waals surface area contributed by atoms with Gasteiger partial charge in [-0.2, -0.15) is 0 Å². The Balaban J connectivity index is 1.45. The van der Waals surface area contributed by atoms with E-state index in [0.29, 0.717) is 0 Å². The standard InChI is InChI=1S/C42H28N2/c1-3-15-27(16-4-1)43-36-26-14-12-24-34(36)40-38-30-20-8-7-19-29(30)37-33-23-11-13-25-35(33)44(28-17-5-2-6-18-28)42(37)39(38)31-21-9-10-22-32(31)41(40)43/h1-26,37,42H. The van der Waals surface area contributed by atoms with Crippen molar-refractivity contribution in [2.75, 3.05) is 4.90 Å². The number of aromatic nitrogens is 1. The third-order valence-corrected chi connectivity index (χ3v) is 9.90. The van der Waals surface area contributed by atoms with E-state index in [2.05, 4.69) is 167 Å². The van der Waals surface area contributed by atoms with E-state index in [4.69, 9.17) is 0 Å². The summed E-state index contributed by atoms with van der Waals surface area (Å²) in [5.74, 6) is 0.221. The van der Waals surface area contributed by atoms with Gasteiger partial charge < -0.3 is 9.47 Å². The number of fused-ring (bicyclic) bond motifs is 15. The smallest absolute Gasteiger partial charge is 0.0714 e. The van der Waals surface area contributed by atoms with Crippen molar-refractivity contribution < 1.29 is 0 Å². The van der Waals surface area contributed by atoms with Crippen LogP contribution in [0.2, 0.25) is 0 Å². The van der Waals surface area contributed by atoms with Gasteiger partial charge in [0, 0.05) is 39.1 Å². The van der Waals surface area contributed by atoms with Crippen LogP contribution < -0.4 is 4.90 Å². The molecule has 44 heavy (non-hydrogen) atoms. The van der Waals surface area contributed by atoms with Gasteiger partial charge in [-0.15, -0.1) is 0 Å². The predicted octanol–water partition coefficient (Wildman–Crippen LogP) is 10.9. The molecule has 206 valence electrons. The average molecular weight is 561 g/mol. The summed E-state index contributed by atoms with van der Waals surface area (Å²) in [5.41, 5.74) is 13.2. The Morgan fingerprint density at radius 2 is 1.05 bits per heavy atom. The highest BCUT2D eigenvalue weighted by Gasteiger charge is 2.47. The van der Waals surface area contributed by atoms with Gasteiger partial charge in [-0.25, -0.2) is 0 Å². The highest BCUT2D eigenvalue weighted by Crippen LogP contribution is 2.63. The second-order valence-electron chi connectivity index (χ2n) is 12.0. The highest BCUT2D eigenvalue weighted by molar-refractivity contribution is 6.26. The Kier molecular flexibility index (Phi) is 4.86. The van der Waals surface area contributed by atoms with E-state index < -0.39 is 0 Å². The van der Waals surface area contributed by atoms with Gasteiger partial charge in [0.15, 0.2) is 0 Å². The number of rotatable bonds is 2. The van der Waals surface area contributed by atoms with E-state index in [1.807, 2.05) is 0 Å². The van der Waals surface area contributed by atoms with Crippen molar-refractivity contribution in [1.29, 1.82) is 0 Å². The summed E-state index contributed by atoms with van der Waals surface area (Å²) in [6.45, 7) is 0. The molecule has 7 aromatic carbocycles. The topological polar surface area (TPSA) is 8.17 Å². The summed E-state index contributed by atoms with van der Waals surface area (Å²) in [4.78, 5) is 2.61. The van der Waals surface area contributed by atoms with Crippen molar-refractivity contribution in [3.63, 3.8) is 0 Å². The second-order valence-corrected chi connectivity index (χ2v) is 12.0. The molecule has 10 rings (SSSR count). The van der Waals surface area contributed by atoms with Gasteiger partial charge in [0.1, 0.15) is 0 Å². The first-order chi connectivity index (χ1) is 21.9. The van der Waals surface area contributed by atoms with Crippen molar-refractivity contribution in [2.45, 2.75) is 12.0 Å². The van der Waals surface area contributed by atoms with E-state index in [-0.39, 0.29) is 12.0 Å². The summed E-state index contributed by atoms with van der Waals surface area (Å²) >= 11 is 0. The average Bonchev–Trinajstić information content (AvgIpc) is 3.63. The summed E-state index contributed by atoms with van der Waals surface area (Å²) in [7, 11) is 0. The van der Waals surface area contributed by atoms with Crippen LogP contribution in [0, 0.1) is 0 Å². The fraction of sp³-hybridized carbons (Fsp3) is 0.0476. The molecule has 0 saturated heterocycles. The molecular formula is C42H28N2. The minimum absolute atomic E-state index is 0.118. The molecule has 2 aliphatic rings. The largest absolute Gasteiger partial charge is 0.333 e. The van der Waals surface area contributed by atoms with Gasteiger partial charge >= 0.3 is 0 Å². The zero-order valence-electron chi connectivity index (χ0n) is 24.1. The van der Waals surface area contributed by atoms with Gasteiger partial charge in [0.05, 0.1) is 17.1 Å². The van der Waals surface area contributed by atoms with Crippen LogP contribution in [-0.4, -0.2) is 4.57 Å². The summed E-state index contributed by atoms with van der Waals surface area (Å²) in [6, 6.07) is 58.2. The first-order valence-corrected chi connectivity index (χ1v) is 15.5. The minimum Gasteiger partial charge on any atom is -0.333 e. The maximum Gasteiger partial charge on any atom is 0.0714 e. The second kappa shape index (κ2) is 8.95. The van der Waals surface area contributed by atoms with Crippen molar-refractivity contribution in [3.05, 3.63) is 174 Å². The van der Waals surface area contributed by atoms with E-state index in [0.717, 1.165) is 0 Å². The monoisotopic (exact) mass is 560 g/mol. The van der Waals surface area contributed by atoms with Crippen LogP contribution >= 0.6 is 0 Å². The molecule has 8 aromatic rings. The zero-order valence-corrected chi connectivity index (χ0v) is 24.1. The molecule has 2 heterocycles. The minimum atomic E-state index is 0.118. The molecule has 0 radical (unpaired) electrons. The maximum absolute atomic E-state index is 2.61. The number of anilines is 2. The Bertz CT molecular complexity index is 2380. The highest BCUT2D eigenvalue weighted by atomic mass is 15.2. The number of para-hydroxylation sites is 4. The summed E-state index contributed by atoms with van der Waals surface area (Å²) in [6.07, 6.45) is 0. The van der Waals surface area contributed by atoms with E-state index in [1.165, 1.54) is 77.5 Å². The molecule has 0 fully saturated rings. The third kappa shape index (κ3) is 3.04. The van der Waals surface area contributed by atoms with E-state index in [1.54, 1.807) is 0 Å². The van der Waals surface area contributed by atoms with E-state index in [9.17, 15) is 0 Å². The molecule has 2 unspecified atom stereocenters. The number of benzene rings is 7. The molecule has 0 amide bonds. The lowest BCUT2D eigenvalue weighted by Gasteiger charge is -2.38. The predicted molar refractivity (Wildman–Crippen MR) is 183 cm³/mol. The quantitative estimate of drug-likeness (QED) is 0.204. The summed E-state index contributed by atoms with van der Waals surface area (Å²) in [5, 5.41) is 5.26.